The van der Waals surface area contributed by atoms with Crippen molar-refractivity contribution in [3.63, 3.8) is 0 Å². The lowest BCUT2D eigenvalue weighted by atomic mass is 10.2. The van der Waals surface area contributed by atoms with Crippen molar-refractivity contribution in [2.75, 3.05) is 26.7 Å². The molecular weight excluding hydrogens is 264 g/mol. The van der Waals surface area contributed by atoms with Crippen LogP contribution in [0.25, 0.3) is 11.0 Å². The normalized spacial score (nSPS) is 19.4. The lowest BCUT2D eigenvalue weighted by Crippen LogP contribution is -2.37. The van der Waals surface area contributed by atoms with Crippen LogP contribution in [0.3, 0.4) is 0 Å². The first kappa shape index (κ1) is 14.4. The Labute approximate surface area is 126 Å². The second-order valence-electron chi connectivity index (χ2n) is 5.65. The number of likely N-dealkylation sites (N-methyl/N-ethyl adjacent to an activating group) is 1. The van der Waals surface area contributed by atoms with E-state index in [2.05, 4.69) is 29.3 Å². The molecule has 1 saturated heterocycles. The van der Waals surface area contributed by atoms with Crippen LogP contribution >= 0.6 is 0 Å². The SMILES string of the molecule is CCN1CCCC1CNCc1cc2cccc(OC)c2o1. The number of methoxy groups -OCH3 is 1. The van der Waals surface area contributed by atoms with E-state index in [4.69, 9.17) is 9.15 Å². The molecule has 3 rings (SSSR count). The number of furan rings is 1. The third-order valence-electron chi connectivity index (χ3n) is 4.36. The fourth-order valence-electron chi connectivity index (χ4n) is 3.24. The van der Waals surface area contributed by atoms with Crippen LogP contribution in [0.15, 0.2) is 28.7 Å². The molecule has 1 aliphatic heterocycles. The van der Waals surface area contributed by atoms with Gasteiger partial charge in [-0.2, -0.15) is 0 Å². The van der Waals surface area contributed by atoms with Gasteiger partial charge < -0.3 is 14.5 Å². The van der Waals surface area contributed by atoms with Gasteiger partial charge in [-0.1, -0.05) is 19.1 Å². The summed E-state index contributed by atoms with van der Waals surface area (Å²) in [5, 5.41) is 4.63. The number of fused-ring (bicyclic) bond motifs is 1. The Morgan fingerprint density at radius 1 is 1.43 bits per heavy atom. The van der Waals surface area contributed by atoms with Gasteiger partial charge in [0.1, 0.15) is 5.76 Å². The summed E-state index contributed by atoms with van der Waals surface area (Å²) >= 11 is 0. The molecule has 4 heteroatoms. The maximum absolute atomic E-state index is 5.91. The molecular formula is C17H24N2O2. The van der Waals surface area contributed by atoms with E-state index in [-0.39, 0.29) is 0 Å². The second-order valence-corrected chi connectivity index (χ2v) is 5.65. The van der Waals surface area contributed by atoms with E-state index in [0.717, 1.165) is 42.1 Å². The lowest BCUT2D eigenvalue weighted by molar-refractivity contribution is 0.258. The zero-order valence-electron chi connectivity index (χ0n) is 12.9. The van der Waals surface area contributed by atoms with E-state index < -0.39 is 0 Å². The molecule has 0 aliphatic carbocycles. The van der Waals surface area contributed by atoms with E-state index in [1.54, 1.807) is 7.11 Å². The third-order valence-corrected chi connectivity index (χ3v) is 4.36. The minimum absolute atomic E-state index is 0.675. The highest BCUT2D eigenvalue weighted by atomic mass is 16.5. The van der Waals surface area contributed by atoms with Crippen LogP contribution in [0.5, 0.6) is 5.75 Å². The van der Waals surface area contributed by atoms with E-state index in [1.807, 2.05) is 12.1 Å². The van der Waals surface area contributed by atoms with Gasteiger partial charge in [-0.3, -0.25) is 4.90 Å². The number of rotatable bonds is 6. The Balaban J connectivity index is 1.60. The van der Waals surface area contributed by atoms with Gasteiger partial charge in [0.2, 0.25) is 0 Å². The Kier molecular flexibility index (Phi) is 4.46. The van der Waals surface area contributed by atoms with Crippen LogP contribution < -0.4 is 10.1 Å². The zero-order chi connectivity index (χ0) is 14.7. The van der Waals surface area contributed by atoms with Crippen LogP contribution in [0, 0.1) is 0 Å². The molecule has 0 saturated carbocycles. The van der Waals surface area contributed by atoms with E-state index in [1.165, 1.54) is 19.4 Å². The van der Waals surface area contributed by atoms with Crippen molar-refractivity contribution in [2.45, 2.75) is 32.4 Å². The summed E-state index contributed by atoms with van der Waals surface area (Å²) in [4.78, 5) is 2.55. The number of nitrogens with one attached hydrogen (secondary N) is 1. The van der Waals surface area contributed by atoms with Gasteiger partial charge in [0.25, 0.3) is 0 Å². The van der Waals surface area contributed by atoms with Crippen LogP contribution in [-0.2, 0) is 6.54 Å². The standard InChI is InChI=1S/C17H24N2O2/c1-3-19-9-5-7-14(19)11-18-12-15-10-13-6-4-8-16(20-2)17(13)21-15/h4,6,8,10,14,18H,3,5,7,9,11-12H2,1-2H3. The highest BCUT2D eigenvalue weighted by Crippen LogP contribution is 2.28. The Hall–Kier alpha value is -1.52. The topological polar surface area (TPSA) is 37.6 Å². The molecule has 1 aromatic heterocycles. The van der Waals surface area contributed by atoms with Crippen molar-refractivity contribution >= 4 is 11.0 Å². The molecule has 0 amide bonds. The molecule has 114 valence electrons. The summed E-state index contributed by atoms with van der Waals surface area (Å²) in [7, 11) is 1.68. The number of hydrogen-bond donors (Lipinski definition) is 1. The molecule has 0 bridgehead atoms. The Bertz CT molecular complexity index is 593. The van der Waals surface area contributed by atoms with Crippen molar-refractivity contribution in [2.24, 2.45) is 0 Å². The highest BCUT2D eigenvalue weighted by molar-refractivity contribution is 5.83. The first-order valence-electron chi connectivity index (χ1n) is 7.82. The van der Waals surface area contributed by atoms with Gasteiger partial charge >= 0.3 is 0 Å². The number of nitrogens with zero attached hydrogens (tertiary/aromatic N) is 1. The number of hydrogen-bond acceptors (Lipinski definition) is 4. The molecule has 1 fully saturated rings. The summed E-state index contributed by atoms with van der Waals surface area (Å²) in [6, 6.07) is 8.75. The smallest absolute Gasteiger partial charge is 0.176 e. The number of para-hydroxylation sites is 1. The molecule has 1 aromatic carbocycles. The number of ether oxygens (including phenoxy) is 1. The minimum atomic E-state index is 0.675. The monoisotopic (exact) mass is 288 g/mol. The van der Waals surface area contributed by atoms with Crippen LogP contribution in [0.1, 0.15) is 25.5 Å². The predicted octanol–water partition coefficient (Wildman–Crippen LogP) is 3.02. The third kappa shape index (κ3) is 3.06. The Morgan fingerprint density at radius 2 is 2.33 bits per heavy atom. The van der Waals surface area contributed by atoms with Gasteiger partial charge in [0, 0.05) is 18.0 Å². The minimum Gasteiger partial charge on any atom is -0.493 e. The summed E-state index contributed by atoms with van der Waals surface area (Å²) in [6.45, 7) is 6.43. The lowest BCUT2D eigenvalue weighted by Gasteiger charge is -2.22. The van der Waals surface area contributed by atoms with Gasteiger partial charge in [0.05, 0.1) is 13.7 Å². The van der Waals surface area contributed by atoms with Gasteiger partial charge in [-0.15, -0.1) is 0 Å². The molecule has 0 spiro atoms. The van der Waals surface area contributed by atoms with Crippen LogP contribution in [0.4, 0.5) is 0 Å². The molecule has 2 heterocycles. The summed E-state index contributed by atoms with van der Waals surface area (Å²) in [6.07, 6.45) is 2.62. The van der Waals surface area contributed by atoms with Crippen molar-refractivity contribution in [1.29, 1.82) is 0 Å². The quantitative estimate of drug-likeness (QED) is 0.886. The van der Waals surface area contributed by atoms with E-state index in [0.29, 0.717) is 6.04 Å². The van der Waals surface area contributed by atoms with Crippen molar-refractivity contribution in [3.05, 3.63) is 30.0 Å². The van der Waals surface area contributed by atoms with Crippen LogP contribution in [-0.4, -0.2) is 37.7 Å². The van der Waals surface area contributed by atoms with E-state index in [9.17, 15) is 0 Å². The largest absolute Gasteiger partial charge is 0.493 e. The molecule has 1 atom stereocenters. The van der Waals surface area contributed by atoms with Gasteiger partial charge in [-0.05, 0) is 38.1 Å². The average molecular weight is 288 g/mol. The van der Waals surface area contributed by atoms with E-state index >= 15 is 0 Å². The first-order chi connectivity index (χ1) is 10.3. The summed E-state index contributed by atoms with van der Waals surface area (Å²) in [5.41, 5.74) is 0.841. The predicted molar refractivity (Wildman–Crippen MR) is 84.7 cm³/mol. The fraction of sp³-hybridized carbons (Fsp3) is 0.529. The van der Waals surface area contributed by atoms with Crippen LogP contribution in [0.2, 0.25) is 0 Å². The molecule has 1 N–H and O–H groups in total. The summed E-state index contributed by atoms with van der Waals surface area (Å²) < 4.78 is 11.2. The van der Waals surface area contributed by atoms with Crippen molar-refractivity contribution < 1.29 is 9.15 Å². The fourth-order valence-corrected chi connectivity index (χ4v) is 3.24. The molecule has 4 nitrogen and oxygen atoms in total. The maximum Gasteiger partial charge on any atom is 0.176 e. The zero-order valence-corrected chi connectivity index (χ0v) is 12.9. The Morgan fingerprint density at radius 3 is 3.14 bits per heavy atom. The van der Waals surface area contributed by atoms with Gasteiger partial charge in [-0.25, -0.2) is 0 Å². The molecule has 1 unspecified atom stereocenters. The number of likely N-dealkylation sites (tertiary alicyclic amines) is 1. The molecule has 0 radical (unpaired) electrons. The molecule has 21 heavy (non-hydrogen) atoms. The summed E-state index contributed by atoms with van der Waals surface area (Å²) in [5.74, 6) is 1.77. The average Bonchev–Trinajstić information content (AvgIpc) is 3.12. The second kappa shape index (κ2) is 6.50. The molecule has 1 aliphatic rings. The van der Waals surface area contributed by atoms with Crippen molar-refractivity contribution in [3.8, 4) is 5.75 Å². The maximum atomic E-state index is 5.91. The van der Waals surface area contributed by atoms with Crippen molar-refractivity contribution in [1.82, 2.24) is 10.2 Å². The first-order valence-corrected chi connectivity index (χ1v) is 7.82. The molecule has 2 aromatic rings. The van der Waals surface area contributed by atoms with Gasteiger partial charge in [0.15, 0.2) is 11.3 Å². The highest BCUT2D eigenvalue weighted by Gasteiger charge is 2.22. The number of benzene rings is 1.